The molecule has 0 spiro atoms. The van der Waals surface area contributed by atoms with Crippen molar-refractivity contribution in [1.29, 1.82) is 0 Å². The molecule has 0 saturated carbocycles. The van der Waals surface area contributed by atoms with Crippen molar-refractivity contribution >= 4 is 29.9 Å². The Bertz CT molecular complexity index is 766. The number of rotatable bonds is 4. The number of nitrogens with one attached hydrogen (secondary N) is 2. The molecule has 0 aliphatic rings. The van der Waals surface area contributed by atoms with Crippen LogP contribution in [-0.2, 0) is 19.3 Å². The van der Waals surface area contributed by atoms with E-state index in [1.807, 2.05) is 0 Å². The number of hydrogen-bond acceptors (Lipinski definition) is 2. The van der Waals surface area contributed by atoms with Crippen LogP contribution in [0.25, 0.3) is 0 Å². The first-order valence-corrected chi connectivity index (χ1v) is 7.37. The number of phenolic OH excluding ortho intramolecular Hbond substituents is 1. The molecule has 2 aromatic carbocycles. The van der Waals surface area contributed by atoms with Gasteiger partial charge < -0.3 is 15.7 Å². The number of halogens is 5. The first-order valence-electron chi connectivity index (χ1n) is 7.37. The van der Waals surface area contributed by atoms with E-state index in [0.29, 0.717) is 17.1 Å². The monoisotopic (exact) mass is 483 g/mol. The summed E-state index contributed by atoms with van der Waals surface area (Å²) < 4.78 is 51.4. The Hall–Kier alpha value is -2.04. The van der Waals surface area contributed by atoms with Crippen molar-refractivity contribution in [2.45, 2.75) is 19.3 Å². The molecule has 0 fully saturated rings. The second kappa shape index (κ2) is 9.60. The average Bonchev–Trinajstić information content (AvgIpc) is 2.57. The summed E-state index contributed by atoms with van der Waals surface area (Å²) >= 11 is 0. The molecule has 0 atom stereocenters. The third-order valence-electron chi connectivity index (χ3n) is 3.41. The molecule has 142 valence electrons. The van der Waals surface area contributed by atoms with Gasteiger partial charge in [0.05, 0.1) is 5.56 Å². The van der Waals surface area contributed by atoms with Crippen molar-refractivity contribution in [1.82, 2.24) is 10.6 Å². The van der Waals surface area contributed by atoms with Crippen LogP contribution in [0.4, 0.5) is 17.6 Å². The molecular formula is C17H18F4IN3O. The lowest BCUT2D eigenvalue weighted by Gasteiger charge is -2.13. The second-order valence-corrected chi connectivity index (χ2v) is 5.26. The van der Waals surface area contributed by atoms with Gasteiger partial charge >= 0.3 is 6.18 Å². The van der Waals surface area contributed by atoms with Gasteiger partial charge in [0.2, 0.25) is 0 Å². The number of nitrogens with zero attached hydrogens (tertiary/aromatic N) is 1. The van der Waals surface area contributed by atoms with E-state index in [2.05, 4.69) is 15.6 Å². The third kappa shape index (κ3) is 6.36. The lowest BCUT2D eigenvalue weighted by atomic mass is 10.1. The predicted octanol–water partition coefficient (Wildman–Crippen LogP) is 4.03. The Morgan fingerprint density at radius 2 is 1.65 bits per heavy atom. The van der Waals surface area contributed by atoms with Crippen LogP contribution in [-0.4, -0.2) is 18.1 Å². The van der Waals surface area contributed by atoms with Gasteiger partial charge in [0.25, 0.3) is 0 Å². The van der Waals surface area contributed by atoms with Crippen molar-refractivity contribution in [2.75, 3.05) is 7.05 Å². The van der Waals surface area contributed by atoms with Crippen LogP contribution in [0.2, 0.25) is 0 Å². The van der Waals surface area contributed by atoms with Crippen LogP contribution in [0.5, 0.6) is 5.75 Å². The molecule has 0 bridgehead atoms. The van der Waals surface area contributed by atoms with E-state index in [1.54, 1.807) is 12.1 Å². The fraction of sp³-hybridized carbons (Fsp3) is 0.235. The number of aliphatic imine (C=N–C) groups is 1. The van der Waals surface area contributed by atoms with E-state index in [4.69, 9.17) is 5.11 Å². The predicted molar refractivity (Wildman–Crippen MR) is 102 cm³/mol. The van der Waals surface area contributed by atoms with Gasteiger partial charge in [-0.3, -0.25) is 4.99 Å². The zero-order valence-electron chi connectivity index (χ0n) is 13.8. The number of aromatic hydroxyl groups is 1. The first kappa shape index (κ1) is 22.0. The normalized spacial score (nSPS) is 11.7. The molecule has 9 heteroatoms. The summed E-state index contributed by atoms with van der Waals surface area (Å²) in [5.74, 6) is -0.812. The molecule has 26 heavy (non-hydrogen) atoms. The largest absolute Gasteiger partial charge is 0.505 e. The minimum absolute atomic E-state index is 0. The van der Waals surface area contributed by atoms with Gasteiger partial charge in [-0.05, 0) is 35.4 Å². The molecule has 0 aromatic heterocycles. The van der Waals surface area contributed by atoms with Crippen LogP contribution in [0.3, 0.4) is 0 Å². The van der Waals surface area contributed by atoms with Crippen LogP contribution in [0, 0.1) is 5.82 Å². The summed E-state index contributed by atoms with van der Waals surface area (Å²) in [6.07, 6.45) is -4.39. The maximum atomic E-state index is 13.3. The van der Waals surface area contributed by atoms with E-state index >= 15 is 0 Å². The Kier molecular flexibility index (Phi) is 8.12. The number of phenols is 1. The Morgan fingerprint density at radius 3 is 2.19 bits per heavy atom. The summed E-state index contributed by atoms with van der Waals surface area (Å²) in [6, 6.07) is 8.96. The van der Waals surface area contributed by atoms with Crippen molar-refractivity contribution < 1.29 is 22.7 Å². The van der Waals surface area contributed by atoms with Crippen molar-refractivity contribution in [2.24, 2.45) is 4.99 Å². The summed E-state index contributed by atoms with van der Waals surface area (Å²) in [5.41, 5.74) is 0.320. The molecule has 0 saturated heterocycles. The highest BCUT2D eigenvalue weighted by Crippen LogP contribution is 2.29. The fourth-order valence-electron chi connectivity index (χ4n) is 2.11. The van der Waals surface area contributed by atoms with Gasteiger partial charge in [-0.1, -0.05) is 18.2 Å². The lowest BCUT2D eigenvalue weighted by Crippen LogP contribution is -2.36. The van der Waals surface area contributed by atoms with E-state index in [9.17, 15) is 17.6 Å². The Labute approximate surface area is 165 Å². The number of hydrogen-bond donors (Lipinski definition) is 3. The highest BCUT2D eigenvalue weighted by atomic mass is 127. The number of alkyl halides is 3. The van der Waals surface area contributed by atoms with Gasteiger partial charge in [-0.25, -0.2) is 4.39 Å². The molecule has 0 radical (unpaired) electrons. The highest BCUT2D eigenvalue weighted by Gasteiger charge is 2.30. The van der Waals surface area contributed by atoms with Gasteiger partial charge in [-0.2, -0.15) is 13.2 Å². The van der Waals surface area contributed by atoms with Crippen molar-refractivity contribution in [3.8, 4) is 5.75 Å². The van der Waals surface area contributed by atoms with Crippen molar-refractivity contribution in [3.05, 3.63) is 65.0 Å². The molecule has 0 aliphatic heterocycles. The quantitative estimate of drug-likeness (QED) is 0.267. The van der Waals surface area contributed by atoms with Crippen LogP contribution in [0.1, 0.15) is 16.7 Å². The third-order valence-corrected chi connectivity index (χ3v) is 3.41. The van der Waals surface area contributed by atoms with Crippen LogP contribution < -0.4 is 10.6 Å². The zero-order valence-corrected chi connectivity index (χ0v) is 16.1. The number of guanidine groups is 1. The van der Waals surface area contributed by atoms with E-state index in [1.165, 1.54) is 25.2 Å². The lowest BCUT2D eigenvalue weighted by molar-refractivity contribution is -0.137. The highest BCUT2D eigenvalue weighted by molar-refractivity contribution is 14.0. The van der Waals surface area contributed by atoms with Crippen molar-refractivity contribution in [3.63, 3.8) is 0 Å². The minimum Gasteiger partial charge on any atom is -0.505 e. The fourth-order valence-corrected chi connectivity index (χ4v) is 2.11. The van der Waals surface area contributed by atoms with E-state index in [-0.39, 0.29) is 37.1 Å². The molecule has 2 rings (SSSR count). The molecule has 0 unspecified atom stereocenters. The number of benzene rings is 2. The smallest absolute Gasteiger partial charge is 0.416 e. The second-order valence-electron chi connectivity index (χ2n) is 5.26. The molecule has 4 nitrogen and oxygen atoms in total. The van der Waals surface area contributed by atoms with Crippen LogP contribution in [0.15, 0.2) is 47.5 Å². The topological polar surface area (TPSA) is 56.7 Å². The van der Waals surface area contributed by atoms with Crippen LogP contribution >= 0.6 is 24.0 Å². The standard InChI is InChI=1S/C17H17F4N3O.HI/c1-22-16(24-10-12-5-6-15(25)14(18)8-12)23-9-11-3-2-4-13(7-11)17(19,20)21;/h2-8,25H,9-10H2,1H3,(H2,22,23,24);1H. The average molecular weight is 483 g/mol. The summed E-state index contributed by atoms with van der Waals surface area (Å²) in [4.78, 5) is 3.96. The summed E-state index contributed by atoms with van der Waals surface area (Å²) in [6.45, 7) is 0.382. The first-order chi connectivity index (χ1) is 11.8. The molecule has 0 aliphatic carbocycles. The van der Waals surface area contributed by atoms with Gasteiger partial charge in [0.1, 0.15) is 0 Å². The van der Waals surface area contributed by atoms with E-state index in [0.717, 1.165) is 12.1 Å². The summed E-state index contributed by atoms with van der Waals surface area (Å²) in [5, 5.41) is 15.0. The summed E-state index contributed by atoms with van der Waals surface area (Å²) in [7, 11) is 1.51. The Balaban J connectivity index is 0.00000338. The molecule has 3 N–H and O–H groups in total. The Morgan fingerprint density at radius 1 is 1.04 bits per heavy atom. The molecular weight excluding hydrogens is 465 g/mol. The maximum absolute atomic E-state index is 13.3. The SMILES string of the molecule is CN=C(NCc1cccc(C(F)(F)F)c1)NCc1ccc(O)c(F)c1.I. The van der Waals surface area contributed by atoms with Gasteiger partial charge in [0.15, 0.2) is 17.5 Å². The molecule has 0 heterocycles. The van der Waals surface area contributed by atoms with E-state index < -0.39 is 23.3 Å². The van der Waals surface area contributed by atoms with Gasteiger partial charge in [-0.15, -0.1) is 24.0 Å². The molecule has 2 aromatic rings. The zero-order chi connectivity index (χ0) is 18.4. The maximum Gasteiger partial charge on any atom is 0.416 e. The minimum atomic E-state index is -4.39. The van der Waals surface area contributed by atoms with Gasteiger partial charge in [0, 0.05) is 20.1 Å². The molecule has 0 amide bonds.